The standard InChI is InChI=1S/C17H17FO/c1-11-4-5-14(8-12(11)2)10-17(19)16-7-6-15(18)9-13(16)3/h4-9H,10H2,1-3H3. The number of rotatable bonds is 3. The molecule has 0 atom stereocenters. The van der Waals surface area contributed by atoms with Crippen LogP contribution < -0.4 is 0 Å². The van der Waals surface area contributed by atoms with E-state index in [4.69, 9.17) is 0 Å². The minimum absolute atomic E-state index is 0.0285. The van der Waals surface area contributed by atoms with Crippen LogP contribution in [-0.2, 0) is 6.42 Å². The van der Waals surface area contributed by atoms with Crippen LogP contribution in [0.15, 0.2) is 36.4 Å². The van der Waals surface area contributed by atoms with E-state index in [1.165, 1.54) is 23.3 Å². The Kier molecular flexibility index (Phi) is 3.79. The second-order valence-corrected chi connectivity index (χ2v) is 4.98. The van der Waals surface area contributed by atoms with Gasteiger partial charge in [0.2, 0.25) is 0 Å². The first-order valence-electron chi connectivity index (χ1n) is 6.33. The molecule has 0 unspecified atom stereocenters. The molecular weight excluding hydrogens is 239 g/mol. The summed E-state index contributed by atoms with van der Waals surface area (Å²) in [6, 6.07) is 10.3. The maximum Gasteiger partial charge on any atom is 0.167 e. The zero-order chi connectivity index (χ0) is 14.0. The fourth-order valence-electron chi connectivity index (χ4n) is 2.13. The molecule has 0 N–H and O–H groups in total. The molecule has 0 aromatic heterocycles. The number of benzene rings is 2. The summed E-state index contributed by atoms with van der Waals surface area (Å²) in [4.78, 5) is 12.2. The van der Waals surface area contributed by atoms with E-state index in [2.05, 4.69) is 0 Å². The number of carbonyl (C=O) groups excluding carboxylic acids is 1. The van der Waals surface area contributed by atoms with E-state index in [-0.39, 0.29) is 11.6 Å². The van der Waals surface area contributed by atoms with E-state index in [9.17, 15) is 9.18 Å². The van der Waals surface area contributed by atoms with Crippen molar-refractivity contribution >= 4 is 5.78 Å². The lowest BCUT2D eigenvalue weighted by atomic mass is 9.97. The normalized spacial score (nSPS) is 10.5. The third-order valence-corrected chi connectivity index (χ3v) is 3.42. The number of aryl methyl sites for hydroxylation is 3. The topological polar surface area (TPSA) is 17.1 Å². The van der Waals surface area contributed by atoms with Gasteiger partial charge in [0, 0.05) is 12.0 Å². The summed E-state index contributed by atoms with van der Waals surface area (Å²) in [6.07, 6.45) is 0.355. The van der Waals surface area contributed by atoms with Crippen LogP contribution in [0.5, 0.6) is 0 Å². The van der Waals surface area contributed by atoms with Crippen LogP contribution in [0, 0.1) is 26.6 Å². The molecule has 0 saturated carbocycles. The third-order valence-electron chi connectivity index (χ3n) is 3.42. The number of ketones is 1. The fourth-order valence-corrected chi connectivity index (χ4v) is 2.13. The first kappa shape index (κ1) is 13.5. The smallest absolute Gasteiger partial charge is 0.167 e. The Labute approximate surface area is 113 Å². The largest absolute Gasteiger partial charge is 0.294 e. The van der Waals surface area contributed by atoms with Gasteiger partial charge in [-0.15, -0.1) is 0 Å². The molecule has 0 radical (unpaired) electrons. The lowest BCUT2D eigenvalue weighted by molar-refractivity contribution is 0.0992. The van der Waals surface area contributed by atoms with Gasteiger partial charge in [-0.3, -0.25) is 4.79 Å². The Balaban J connectivity index is 2.23. The van der Waals surface area contributed by atoms with Crippen LogP contribution >= 0.6 is 0 Å². The summed E-state index contributed by atoms with van der Waals surface area (Å²) in [5.74, 6) is -0.277. The van der Waals surface area contributed by atoms with Gasteiger partial charge in [-0.05, 0) is 61.2 Å². The van der Waals surface area contributed by atoms with E-state index in [1.54, 1.807) is 13.0 Å². The lowest BCUT2D eigenvalue weighted by Crippen LogP contribution is -2.06. The number of halogens is 1. The van der Waals surface area contributed by atoms with E-state index in [1.807, 2.05) is 32.0 Å². The molecule has 0 aliphatic heterocycles. The predicted molar refractivity (Wildman–Crippen MR) is 75.1 cm³/mol. The Hall–Kier alpha value is -1.96. The van der Waals surface area contributed by atoms with Gasteiger partial charge in [0.15, 0.2) is 5.78 Å². The lowest BCUT2D eigenvalue weighted by Gasteiger charge is -2.07. The van der Waals surface area contributed by atoms with Crippen molar-refractivity contribution < 1.29 is 9.18 Å². The molecule has 0 aliphatic carbocycles. The summed E-state index contributed by atoms with van der Waals surface area (Å²) in [7, 11) is 0. The van der Waals surface area contributed by atoms with E-state index >= 15 is 0 Å². The van der Waals surface area contributed by atoms with Gasteiger partial charge < -0.3 is 0 Å². The minimum atomic E-state index is -0.305. The average Bonchev–Trinajstić information content (AvgIpc) is 2.33. The van der Waals surface area contributed by atoms with E-state index in [0.29, 0.717) is 17.5 Å². The second kappa shape index (κ2) is 5.35. The fraction of sp³-hybridized carbons (Fsp3) is 0.235. The summed E-state index contributed by atoms with van der Waals surface area (Å²) < 4.78 is 13.0. The zero-order valence-electron chi connectivity index (χ0n) is 11.5. The van der Waals surface area contributed by atoms with Gasteiger partial charge in [0.25, 0.3) is 0 Å². The Morgan fingerprint density at radius 2 is 1.68 bits per heavy atom. The van der Waals surface area contributed by atoms with Gasteiger partial charge in [-0.25, -0.2) is 4.39 Å². The Bertz CT molecular complexity index is 629. The summed E-state index contributed by atoms with van der Waals surface area (Å²) in [5, 5.41) is 0. The molecule has 0 spiro atoms. The first-order chi connectivity index (χ1) is 8.97. The van der Waals surface area contributed by atoms with Gasteiger partial charge in [-0.2, -0.15) is 0 Å². The average molecular weight is 256 g/mol. The van der Waals surface area contributed by atoms with Gasteiger partial charge >= 0.3 is 0 Å². The van der Waals surface area contributed by atoms with Gasteiger partial charge in [-0.1, -0.05) is 18.2 Å². The number of hydrogen-bond donors (Lipinski definition) is 0. The highest BCUT2D eigenvalue weighted by atomic mass is 19.1. The van der Waals surface area contributed by atoms with Crippen molar-refractivity contribution in [2.75, 3.05) is 0 Å². The van der Waals surface area contributed by atoms with Crippen molar-refractivity contribution in [3.05, 3.63) is 70.0 Å². The second-order valence-electron chi connectivity index (χ2n) is 4.98. The maximum atomic E-state index is 13.0. The van der Waals surface area contributed by atoms with Crippen molar-refractivity contribution in [1.29, 1.82) is 0 Å². The molecule has 19 heavy (non-hydrogen) atoms. The van der Waals surface area contributed by atoms with Crippen LogP contribution in [0.1, 0.15) is 32.6 Å². The van der Waals surface area contributed by atoms with Crippen LogP contribution in [0.3, 0.4) is 0 Å². The van der Waals surface area contributed by atoms with Crippen LogP contribution in [0.2, 0.25) is 0 Å². The molecule has 2 rings (SSSR count). The molecule has 2 aromatic rings. The van der Waals surface area contributed by atoms with Crippen molar-refractivity contribution in [1.82, 2.24) is 0 Å². The Morgan fingerprint density at radius 3 is 2.32 bits per heavy atom. The van der Waals surface area contributed by atoms with Crippen molar-refractivity contribution in [3.8, 4) is 0 Å². The molecule has 1 nitrogen and oxygen atoms in total. The number of carbonyl (C=O) groups is 1. The number of hydrogen-bond acceptors (Lipinski definition) is 1. The summed E-state index contributed by atoms with van der Waals surface area (Å²) in [5.41, 5.74) is 4.68. The molecule has 0 amide bonds. The molecule has 0 heterocycles. The van der Waals surface area contributed by atoms with Crippen molar-refractivity contribution in [3.63, 3.8) is 0 Å². The molecule has 0 bridgehead atoms. The monoisotopic (exact) mass is 256 g/mol. The molecule has 2 heteroatoms. The maximum absolute atomic E-state index is 13.0. The third kappa shape index (κ3) is 3.08. The van der Waals surface area contributed by atoms with Crippen molar-refractivity contribution in [2.24, 2.45) is 0 Å². The first-order valence-corrected chi connectivity index (χ1v) is 6.33. The SMILES string of the molecule is Cc1ccc(CC(=O)c2ccc(F)cc2C)cc1C. The molecule has 0 aliphatic rings. The molecule has 0 saturated heterocycles. The number of Topliss-reactive ketones (excluding diaryl/α,β-unsaturated/α-hetero) is 1. The van der Waals surface area contributed by atoms with Crippen LogP contribution in [0.4, 0.5) is 4.39 Å². The molecule has 2 aromatic carbocycles. The summed E-state index contributed by atoms with van der Waals surface area (Å²) in [6.45, 7) is 5.84. The van der Waals surface area contributed by atoms with Crippen LogP contribution in [0.25, 0.3) is 0 Å². The van der Waals surface area contributed by atoms with Crippen molar-refractivity contribution in [2.45, 2.75) is 27.2 Å². The summed E-state index contributed by atoms with van der Waals surface area (Å²) >= 11 is 0. The highest BCUT2D eigenvalue weighted by Crippen LogP contribution is 2.15. The molecule has 98 valence electrons. The van der Waals surface area contributed by atoms with E-state index < -0.39 is 0 Å². The van der Waals surface area contributed by atoms with Crippen LogP contribution in [-0.4, -0.2) is 5.78 Å². The minimum Gasteiger partial charge on any atom is -0.294 e. The zero-order valence-corrected chi connectivity index (χ0v) is 11.5. The highest BCUT2D eigenvalue weighted by Gasteiger charge is 2.11. The molecule has 0 fully saturated rings. The molecular formula is C17H17FO. The van der Waals surface area contributed by atoms with E-state index in [0.717, 1.165) is 5.56 Å². The Morgan fingerprint density at radius 1 is 0.947 bits per heavy atom. The van der Waals surface area contributed by atoms with Gasteiger partial charge in [0.1, 0.15) is 5.82 Å². The quantitative estimate of drug-likeness (QED) is 0.753. The van der Waals surface area contributed by atoms with Gasteiger partial charge in [0.05, 0.1) is 0 Å². The highest BCUT2D eigenvalue weighted by molar-refractivity contribution is 5.98. The predicted octanol–water partition coefficient (Wildman–Crippen LogP) is 4.18.